The van der Waals surface area contributed by atoms with Crippen molar-refractivity contribution >= 4 is 11.8 Å². The topological polar surface area (TPSA) is 79.5 Å². The Morgan fingerprint density at radius 1 is 1.28 bits per heavy atom. The molecule has 1 aromatic heterocycles. The Hall–Kier alpha value is -2.70. The van der Waals surface area contributed by atoms with Crippen LogP contribution in [0.1, 0.15) is 62.9 Å². The van der Waals surface area contributed by atoms with Crippen molar-refractivity contribution in [1.29, 1.82) is 0 Å². The fraction of sp³-hybridized carbons (Fsp3) is 0.545. The van der Waals surface area contributed by atoms with Gasteiger partial charge >= 0.3 is 0 Å². The van der Waals surface area contributed by atoms with Crippen molar-refractivity contribution in [1.82, 2.24) is 19.9 Å². The summed E-state index contributed by atoms with van der Waals surface area (Å²) in [5.74, 6) is 1.50. The van der Waals surface area contributed by atoms with E-state index in [0.29, 0.717) is 43.4 Å². The molecule has 0 N–H and O–H groups in total. The molecular weight excluding hydrogens is 368 g/mol. The minimum absolute atomic E-state index is 0.0307. The van der Waals surface area contributed by atoms with Gasteiger partial charge in [0.25, 0.3) is 0 Å². The lowest BCUT2D eigenvalue weighted by Gasteiger charge is -2.23. The maximum atomic E-state index is 12.5. The highest BCUT2D eigenvalue weighted by molar-refractivity contribution is 5.77. The Labute approximate surface area is 172 Å². The maximum Gasteiger partial charge on any atom is 0.227 e. The van der Waals surface area contributed by atoms with Crippen LogP contribution in [0, 0.1) is 5.92 Å². The van der Waals surface area contributed by atoms with E-state index in [1.807, 2.05) is 49.1 Å². The molecule has 0 bridgehead atoms. The number of carbonyl (C=O) groups excluding carboxylic acids is 2. The second kappa shape index (κ2) is 9.67. The molecule has 1 aromatic carbocycles. The number of likely N-dealkylation sites (tertiary alicyclic amines) is 1. The number of nitrogens with zero attached hydrogens (tertiary/aromatic N) is 4. The number of amides is 2. The van der Waals surface area contributed by atoms with Gasteiger partial charge in [-0.3, -0.25) is 9.59 Å². The van der Waals surface area contributed by atoms with Crippen molar-refractivity contribution in [3.05, 3.63) is 47.6 Å². The van der Waals surface area contributed by atoms with E-state index in [4.69, 9.17) is 4.52 Å². The average molecular weight is 399 g/mol. The van der Waals surface area contributed by atoms with Gasteiger partial charge in [0.2, 0.25) is 17.7 Å². The molecule has 1 saturated heterocycles. The van der Waals surface area contributed by atoms with Gasteiger partial charge in [0, 0.05) is 39.4 Å². The molecule has 7 nitrogen and oxygen atoms in total. The van der Waals surface area contributed by atoms with Gasteiger partial charge in [0.05, 0.1) is 6.04 Å². The zero-order chi connectivity index (χ0) is 20.8. The molecule has 156 valence electrons. The molecule has 2 amide bonds. The number of aromatic nitrogens is 2. The first kappa shape index (κ1) is 21.0. The number of hydrogen-bond donors (Lipinski definition) is 0. The molecule has 1 aliphatic rings. The summed E-state index contributed by atoms with van der Waals surface area (Å²) in [7, 11) is 1.80. The number of hydrogen-bond acceptors (Lipinski definition) is 5. The zero-order valence-corrected chi connectivity index (χ0v) is 17.5. The van der Waals surface area contributed by atoms with Crippen LogP contribution in [0.3, 0.4) is 0 Å². The van der Waals surface area contributed by atoms with Crippen LogP contribution in [0.4, 0.5) is 0 Å². The fourth-order valence-electron chi connectivity index (χ4n) is 3.66. The van der Waals surface area contributed by atoms with E-state index in [1.54, 1.807) is 11.9 Å². The van der Waals surface area contributed by atoms with E-state index in [1.165, 1.54) is 0 Å². The molecule has 0 spiro atoms. The average Bonchev–Trinajstić information content (AvgIpc) is 3.35. The molecule has 29 heavy (non-hydrogen) atoms. The summed E-state index contributed by atoms with van der Waals surface area (Å²) in [4.78, 5) is 32.9. The number of carbonyl (C=O) groups is 2. The van der Waals surface area contributed by atoms with E-state index < -0.39 is 0 Å². The van der Waals surface area contributed by atoms with Crippen molar-refractivity contribution < 1.29 is 14.1 Å². The fourth-order valence-corrected chi connectivity index (χ4v) is 3.66. The van der Waals surface area contributed by atoms with Crippen LogP contribution >= 0.6 is 0 Å². The van der Waals surface area contributed by atoms with Crippen LogP contribution < -0.4 is 0 Å². The normalized spacial score (nSPS) is 16.4. The van der Waals surface area contributed by atoms with Crippen molar-refractivity contribution in [3.8, 4) is 0 Å². The molecule has 0 saturated carbocycles. The summed E-state index contributed by atoms with van der Waals surface area (Å²) in [5.41, 5.74) is 1.09. The lowest BCUT2D eigenvalue weighted by molar-refractivity contribution is -0.133. The molecule has 7 heteroatoms. The summed E-state index contributed by atoms with van der Waals surface area (Å²) in [6, 6.07) is 9.78. The summed E-state index contributed by atoms with van der Waals surface area (Å²) in [6.45, 7) is 5.40. The van der Waals surface area contributed by atoms with Crippen LogP contribution in [0.15, 0.2) is 34.9 Å². The predicted molar refractivity (Wildman–Crippen MR) is 109 cm³/mol. The third kappa shape index (κ3) is 5.65. The first-order valence-corrected chi connectivity index (χ1v) is 10.3. The van der Waals surface area contributed by atoms with E-state index in [0.717, 1.165) is 24.9 Å². The van der Waals surface area contributed by atoms with Gasteiger partial charge in [-0.1, -0.05) is 49.3 Å². The Morgan fingerprint density at radius 3 is 2.76 bits per heavy atom. The van der Waals surface area contributed by atoms with Crippen molar-refractivity contribution in [2.45, 2.75) is 58.5 Å². The third-order valence-electron chi connectivity index (χ3n) is 5.18. The van der Waals surface area contributed by atoms with Crippen molar-refractivity contribution in [2.24, 2.45) is 5.92 Å². The molecule has 1 atom stereocenters. The quantitative estimate of drug-likeness (QED) is 0.681. The van der Waals surface area contributed by atoms with Gasteiger partial charge in [-0.05, 0) is 24.3 Å². The summed E-state index contributed by atoms with van der Waals surface area (Å²) >= 11 is 0. The molecule has 1 fully saturated rings. The van der Waals surface area contributed by atoms with Gasteiger partial charge in [-0.15, -0.1) is 0 Å². The van der Waals surface area contributed by atoms with Crippen LogP contribution in [0.25, 0.3) is 0 Å². The van der Waals surface area contributed by atoms with Gasteiger partial charge in [-0.2, -0.15) is 4.98 Å². The lowest BCUT2D eigenvalue weighted by atomic mass is 10.1. The highest BCUT2D eigenvalue weighted by Crippen LogP contribution is 2.31. The molecule has 2 aromatic rings. The van der Waals surface area contributed by atoms with E-state index in [9.17, 15) is 9.59 Å². The summed E-state index contributed by atoms with van der Waals surface area (Å²) < 4.78 is 5.36. The first-order chi connectivity index (χ1) is 13.9. The minimum Gasteiger partial charge on any atom is -0.341 e. The van der Waals surface area contributed by atoms with Crippen LogP contribution in [0.2, 0.25) is 0 Å². The Balaban J connectivity index is 1.53. The molecule has 1 unspecified atom stereocenters. The van der Waals surface area contributed by atoms with E-state index >= 15 is 0 Å². The lowest BCUT2D eigenvalue weighted by Crippen LogP contribution is -2.31. The zero-order valence-electron chi connectivity index (χ0n) is 17.5. The first-order valence-electron chi connectivity index (χ1n) is 10.3. The Morgan fingerprint density at radius 2 is 2.03 bits per heavy atom. The van der Waals surface area contributed by atoms with Gasteiger partial charge in [0.1, 0.15) is 0 Å². The molecule has 0 radical (unpaired) electrons. The second-order valence-electron chi connectivity index (χ2n) is 8.12. The summed E-state index contributed by atoms with van der Waals surface area (Å²) in [5, 5.41) is 4.10. The second-order valence-corrected chi connectivity index (χ2v) is 8.12. The smallest absolute Gasteiger partial charge is 0.227 e. The molecule has 2 heterocycles. The predicted octanol–water partition coefficient (Wildman–Crippen LogP) is 3.37. The SMILES string of the molecule is CC(C)CC(=O)N1CCCC1c1noc(CCC(=O)N(C)Cc2ccccc2)n1. The minimum atomic E-state index is -0.116. The molecular formula is C22H30N4O3. The highest BCUT2D eigenvalue weighted by Gasteiger charge is 2.33. The van der Waals surface area contributed by atoms with Gasteiger partial charge in [0.15, 0.2) is 5.82 Å². The monoisotopic (exact) mass is 398 g/mol. The van der Waals surface area contributed by atoms with Crippen LogP contribution in [-0.4, -0.2) is 45.3 Å². The Bertz CT molecular complexity index is 818. The number of benzene rings is 1. The largest absolute Gasteiger partial charge is 0.341 e. The molecule has 0 aliphatic carbocycles. The Kier molecular flexibility index (Phi) is 7.01. The number of rotatable bonds is 8. The standard InChI is InChI=1S/C22H30N4O3/c1-16(2)14-21(28)26-13-7-10-18(26)22-23-19(29-24-22)11-12-20(27)25(3)15-17-8-5-4-6-9-17/h4-6,8-9,16,18H,7,10-15H2,1-3H3. The van der Waals surface area contributed by atoms with Crippen LogP contribution in [-0.2, 0) is 22.6 Å². The van der Waals surface area contributed by atoms with E-state index in [-0.39, 0.29) is 17.9 Å². The molecule has 1 aliphatic heterocycles. The molecule has 3 rings (SSSR count). The van der Waals surface area contributed by atoms with Crippen LogP contribution in [0.5, 0.6) is 0 Å². The third-order valence-corrected chi connectivity index (χ3v) is 5.18. The van der Waals surface area contributed by atoms with Gasteiger partial charge in [-0.25, -0.2) is 0 Å². The van der Waals surface area contributed by atoms with E-state index in [2.05, 4.69) is 10.1 Å². The van der Waals surface area contributed by atoms with Crippen molar-refractivity contribution in [2.75, 3.05) is 13.6 Å². The van der Waals surface area contributed by atoms with Gasteiger partial charge < -0.3 is 14.3 Å². The van der Waals surface area contributed by atoms with Crippen molar-refractivity contribution in [3.63, 3.8) is 0 Å². The maximum absolute atomic E-state index is 12.5. The highest BCUT2D eigenvalue weighted by atomic mass is 16.5. The number of aryl methyl sites for hydroxylation is 1. The summed E-state index contributed by atoms with van der Waals surface area (Å²) in [6.07, 6.45) is 3.04.